The average molecular weight is 318 g/mol. The van der Waals surface area contributed by atoms with Crippen LogP contribution in [0, 0.1) is 0 Å². The van der Waals surface area contributed by atoms with E-state index in [1.54, 1.807) is 0 Å². The second-order valence-corrected chi connectivity index (χ2v) is 7.56. The molecule has 0 bridgehead atoms. The van der Waals surface area contributed by atoms with Crippen molar-refractivity contribution in [2.75, 3.05) is 6.61 Å². The molecule has 1 rings (SSSR count). The van der Waals surface area contributed by atoms with Gasteiger partial charge in [0.05, 0.1) is 6.61 Å². The lowest BCUT2D eigenvalue weighted by molar-refractivity contribution is -0.118. The van der Waals surface area contributed by atoms with E-state index < -0.39 is 5.91 Å². The van der Waals surface area contributed by atoms with E-state index in [9.17, 15) is 4.79 Å². The molecule has 0 spiro atoms. The maximum Gasteiger partial charge on any atom is 0.238 e. The summed E-state index contributed by atoms with van der Waals surface area (Å²) in [6, 6.07) is 6.52. The summed E-state index contributed by atoms with van der Waals surface area (Å²) in [6.07, 6.45) is 2.97. The van der Waals surface area contributed by atoms with Gasteiger partial charge in [-0.3, -0.25) is 10.5 Å². The van der Waals surface area contributed by atoms with Gasteiger partial charge in [0.25, 0.3) is 0 Å². The van der Waals surface area contributed by atoms with Crippen LogP contribution in [-0.2, 0) is 15.6 Å². The molecule has 0 aromatic heterocycles. The van der Waals surface area contributed by atoms with Crippen LogP contribution in [0.25, 0.3) is 0 Å². The topological polar surface area (TPSA) is 50.1 Å². The fraction of sp³-hybridized carbons (Fsp3) is 0.650. The lowest BCUT2D eigenvalue weighted by Gasteiger charge is -2.30. The normalized spacial score (nSPS) is 12.3. The van der Waals surface area contributed by atoms with E-state index in [0.717, 1.165) is 18.6 Å². The van der Waals surface area contributed by atoms with Crippen molar-refractivity contribution in [3.05, 3.63) is 29.3 Å². The number of ether oxygens (including phenoxy) is 1. The van der Waals surface area contributed by atoms with E-state index in [2.05, 4.69) is 59.7 Å². The second-order valence-electron chi connectivity index (χ2n) is 7.56. The van der Waals surface area contributed by atoms with Gasteiger partial charge in [0.2, 0.25) is 5.91 Å². The van der Waals surface area contributed by atoms with E-state index in [0.29, 0.717) is 13.0 Å². The summed E-state index contributed by atoms with van der Waals surface area (Å²) < 4.78 is 5.94. The average Bonchev–Trinajstić information content (AvgIpc) is 2.51. The first-order valence-electron chi connectivity index (χ1n) is 8.66. The number of hydrogen-bond donors (Lipinski definition) is 0. The van der Waals surface area contributed by atoms with Gasteiger partial charge in [-0.25, -0.2) is 0 Å². The Hall–Kier alpha value is -1.51. The Labute approximate surface area is 141 Å². The second kappa shape index (κ2) is 7.85. The zero-order chi connectivity index (χ0) is 17.7. The molecular formula is C20H32NO2. The molecule has 1 aromatic carbocycles. The van der Waals surface area contributed by atoms with Crippen LogP contribution in [-0.4, -0.2) is 12.5 Å². The minimum absolute atomic E-state index is 0.0421. The molecular weight excluding hydrogens is 286 g/mol. The van der Waals surface area contributed by atoms with Gasteiger partial charge in [0, 0.05) is 12.0 Å². The smallest absolute Gasteiger partial charge is 0.238 e. The predicted octanol–water partition coefficient (Wildman–Crippen LogP) is 5.03. The van der Waals surface area contributed by atoms with Gasteiger partial charge in [-0.05, 0) is 41.7 Å². The number of benzene rings is 1. The van der Waals surface area contributed by atoms with Crippen molar-refractivity contribution in [3.8, 4) is 5.75 Å². The van der Waals surface area contributed by atoms with E-state index in [1.807, 2.05) is 0 Å². The number of carbonyl (C=O) groups is 1. The molecule has 129 valence electrons. The highest BCUT2D eigenvalue weighted by Crippen LogP contribution is 2.38. The third kappa shape index (κ3) is 5.26. The molecule has 0 aliphatic heterocycles. The summed E-state index contributed by atoms with van der Waals surface area (Å²) in [4.78, 5) is 10.7. The Balaban J connectivity index is 3.07. The van der Waals surface area contributed by atoms with Crippen LogP contribution in [0.1, 0.15) is 78.4 Å². The number of nitrogens with one attached hydrogen (secondary N) is 1. The van der Waals surface area contributed by atoms with Gasteiger partial charge < -0.3 is 4.74 Å². The zero-order valence-corrected chi connectivity index (χ0v) is 15.6. The maximum absolute atomic E-state index is 10.7. The Kier molecular flexibility index (Phi) is 6.67. The Morgan fingerprint density at radius 3 is 2.22 bits per heavy atom. The van der Waals surface area contributed by atoms with Gasteiger partial charge in [-0.1, -0.05) is 53.7 Å². The summed E-state index contributed by atoms with van der Waals surface area (Å²) in [7, 11) is 0. The summed E-state index contributed by atoms with van der Waals surface area (Å²) in [5, 5.41) is 0. The van der Waals surface area contributed by atoms with E-state index in [1.165, 1.54) is 11.1 Å². The molecule has 0 fully saturated rings. The first kappa shape index (κ1) is 19.5. The fourth-order valence-corrected chi connectivity index (χ4v) is 2.42. The molecule has 1 N–H and O–H groups in total. The number of rotatable bonds is 9. The lowest BCUT2D eigenvalue weighted by Crippen LogP contribution is -2.21. The third-order valence-electron chi connectivity index (χ3n) is 5.06. The highest BCUT2D eigenvalue weighted by Gasteiger charge is 2.26. The van der Waals surface area contributed by atoms with Crippen molar-refractivity contribution < 1.29 is 9.53 Å². The van der Waals surface area contributed by atoms with Gasteiger partial charge in [-0.15, -0.1) is 0 Å². The van der Waals surface area contributed by atoms with Crippen molar-refractivity contribution in [2.24, 2.45) is 0 Å². The number of hydrogen-bond acceptors (Lipinski definition) is 2. The summed E-state index contributed by atoms with van der Waals surface area (Å²) in [5.74, 6) is 0.382. The number of carbonyl (C=O) groups excluding carboxylic acids is 1. The Morgan fingerprint density at radius 1 is 1.09 bits per heavy atom. The first-order chi connectivity index (χ1) is 10.6. The molecule has 1 amide bonds. The molecule has 0 heterocycles. The Morgan fingerprint density at radius 2 is 1.70 bits per heavy atom. The van der Waals surface area contributed by atoms with Gasteiger partial charge >= 0.3 is 0 Å². The largest absolute Gasteiger partial charge is 0.493 e. The summed E-state index contributed by atoms with van der Waals surface area (Å²) in [6.45, 7) is 13.9. The monoisotopic (exact) mass is 318 g/mol. The minimum atomic E-state index is -0.525. The maximum atomic E-state index is 10.7. The molecule has 0 unspecified atom stereocenters. The summed E-state index contributed by atoms with van der Waals surface area (Å²) in [5.41, 5.74) is 9.72. The van der Waals surface area contributed by atoms with Crippen LogP contribution in [0.5, 0.6) is 5.75 Å². The van der Waals surface area contributed by atoms with Crippen LogP contribution >= 0.6 is 0 Å². The van der Waals surface area contributed by atoms with Crippen molar-refractivity contribution in [2.45, 2.75) is 78.1 Å². The predicted molar refractivity (Wildman–Crippen MR) is 95.9 cm³/mol. The molecule has 3 nitrogen and oxygen atoms in total. The third-order valence-corrected chi connectivity index (χ3v) is 5.06. The standard InChI is InChI=1S/C20H32NO2/c1-7-19(3,4)15-11-12-17(23-13-9-10-18(21)22)16(14-15)20(5,6)8-2/h11-12,14,21H,7-10,13H2,1-6H3. The fourth-order valence-electron chi connectivity index (χ4n) is 2.42. The molecule has 3 heteroatoms. The van der Waals surface area contributed by atoms with Gasteiger partial charge in [0.1, 0.15) is 5.75 Å². The highest BCUT2D eigenvalue weighted by molar-refractivity contribution is 5.72. The van der Waals surface area contributed by atoms with E-state index in [-0.39, 0.29) is 17.3 Å². The quantitative estimate of drug-likeness (QED) is 0.599. The molecule has 23 heavy (non-hydrogen) atoms. The lowest BCUT2D eigenvalue weighted by atomic mass is 9.76. The van der Waals surface area contributed by atoms with Crippen molar-refractivity contribution in [1.82, 2.24) is 5.73 Å². The molecule has 0 atom stereocenters. The molecule has 1 aromatic rings. The van der Waals surface area contributed by atoms with Crippen LogP contribution in [0.15, 0.2) is 18.2 Å². The zero-order valence-electron chi connectivity index (χ0n) is 15.6. The van der Waals surface area contributed by atoms with Crippen molar-refractivity contribution in [3.63, 3.8) is 0 Å². The summed E-state index contributed by atoms with van der Waals surface area (Å²) >= 11 is 0. The van der Waals surface area contributed by atoms with Gasteiger partial charge in [-0.2, -0.15) is 0 Å². The Bertz CT molecular complexity index is 532. The van der Waals surface area contributed by atoms with Crippen LogP contribution < -0.4 is 10.5 Å². The molecule has 0 aliphatic carbocycles. The first-order valence-corrected chi connectivity index (χ1v) is 8.66. The van der Waals surface area contributed by atoms with Crippen molar-refractivity contribution in [1.29, 1.82) is 0 Å². The molecule has 0 aliphatic rings. The molecule has 0 saturated heterocycles. The van der Waals surface area contributed by atoms with Crippen LogP contribution in [0.2, 0.25) is 0 Å². The minimum Gasteiger partial charge on any atom is -0.493 e. The van der Waals surface area contributed by atoms with Gasteiger partial charge in [0.15, 0.2) is 0 Å². The van der Waals surface area contributed by atoms with Crippen LogP contribution in [0.3, 0.4) is 0 Å². The number of amides is 1. The van der Waals surface area contributed by atoms with E-state index >= 15 is 0 Å². The highest BCUT2D eigenvalue weighted by atomic mass is 16.5. The van der Waals surface area contributed by atoms with Crippen LogP contribution in [0.4, 0.5) is 0 Å². The van der Waals surface area contributed by atoms with Crippen molar-refractivity contribution >= 4 is 5.91 Å². The SMILES string of the molecule is CCC(C)(C)c1ccc(OCCCC([NH])=O)c(C(C)(C)CC)c1. The van der Waals surface area contributed by atoms with E-state index in [4.69, 9.17) is 10.5 Å². The molecule has 0 saturated carbocycles. The molecule has 1 radical (unpaired) electrons.